The molecular formula is C6H13NO5. The third-order valence-corrected chi connectivity index (χ3v) is 1.92. The molecule has 0 amide bonds. The fourth-order valence-corrected chi connectivity index (χ4v) is 1.14. The van der Waals surface area contributed by atoms with Crippen molar-refractivity contribution in [2.24, 2.45) is 5.73 Å². The summed E-state index contributed by atoms with van der Waals surface area (Å²) in [7, 11) is 0. The van der Waals surface area contributed by atoms with Crippen molar-refractivity contribution >= 4 is 0 Å². The van der Waals surface area contributed by atoms with Crippen LogP contribution in [0.2, 0.25) is 0 Å². The van der Waals surface area contributed by atoms with Gasteiger partial charge in [-0.2, -0.15) is 0 Å². The van der Waals surface area contributed by atoms with Crippen LogP contribution in [0.1, 0.15) is 0 Å². The summed E-state index contributed by atoms with van der Waals surface area (Å²) in [6, 6.07) is -0.934. The average Bonchev–Trinajstić information content (AvgIpc) is 2.32. The van der Waals surface area contributed by atoms with Crippen LogP contribution in [0.15, 0.2) is 0 Å². The van der Waals surface area contributed by atoms with Gasteiger partial charge in [0.2, 0.25) is 0 Å². The van der Waals surface area contributed by atoms with E-state index in [0.717, 1.165) is 0 Å². The summed E-state index contributed by atoms with van der Waals surface area (Å²) in [6.45, 7) is -0.541. The van der Waals surface area contributed by atoms with Gasteiger partial charge in [0.25, 0.3) is 0 Å². The monoisotopic (exact) mass is 179 g/mol. The van der Waals surface area contributed by atoms with Gasteiger partial charge in [0.05, 0.1) is 12.6 Å². The van der Waals surface area contributed by atoms with Crippen LogP contribution < -0.4 is 5.73 Å². The normalized spacial score (nSPS) is 44.8. The highest BCUT2D eigenvalue weighted by atomic mass is 16.6. The van der Waals surface area contributed by atoms with E-state index in [4.69, 9.17) is 25.8 Å². The summed E-state index contributed by atoms with van der Waals surface area (Å²) in [5, 5.41) is 35.8. The van der Waals surface area contributed by atoms with E-state index in [1.54, 1.807) is 0 Å². The Kier molecular flexibility index (Phi) is 2.99. The van der Waals surface area contributed by atoms with E-state index in [9.17, 15) is 5.11 Å². The van der Waals surface area contributed by atoms with E-state index in [1.165, 1.54) is 0 Å². The Morgan fingerprint density at radius 1 is 1.42 bits per heavy atom. The van der Waals surface area contributed by atoms with Crippen molar-refractivity contribution in [1.29, 1.82) is 0 Å². The van der Waals surface area contributed by atoms with Gasteiger partial charge in [-0.25, -0.2) is 0 Å². The second-order valence-corrected chi connectivity index (χ2v) is 2.81. The second kappa shape index (κ2) is 3.65. The van der Waals surface area contributed by atoms with Crippen molar-refractivity contribution in [3.63, 3.8) is 0 Å². The summed E-state index contributed by atoms with van der Waals surface area (Å²) in [5.74, 6) is 0. The fourth-order valence-electron chi connectivity index (χ4n) is 1.14. The average molecular weight is 179 g/mol. The minimum absolute atomic E-state index is 0.541. The summed E-state index contributed by atoms with van der Waals surface area (Å²) in [4.78, 5) is 0. The van der Waals surface area contributed by atoms with Crippen LogP contribution in [0.4, 0.5) is 0 Å². The summed E-state index contributed by atoms with van der Waals surface area (Å²) < 4.78 is 4.71. The Balaban J connectivity index is 2.58. The van der Waals surface area contributed by atoms with Gasteiger partial charge in [0.1, 0.15) is 18.3 Å². The number of aliphatic hydroxyl groups excluding tert-OH is 4. The number of nitrogens with two attached hydrogens (primary N) is 1. The molecule has 5 atom stereocenters. The third-order valence-electron chi connectivity index (χ3n) is 1.92. The zero-order valence-corrected chi connectivity index (χ0v) is 6.37. The van der Waals surface area contributed by atoms with Crippen LogP contribution in [0, 0.1) is 0 Å². The first kappa shape index (κ1) is 9.85. The predicted molar refractivity (Wildman–Crippen MR) is 38.0 cm³/mol. The van der Waals surface area contributed by atoms with Crippen LogP contribution in [0.5, 0.6) is 0 Å². The highest BCUT2D eigenvalue weighted by molar-refractivity contribution is 4.92. The topological polar surface area (TPSA) is 116 Å². The van der Waals surface area contributed by atoms with Crippen molar-refractivity contribution < 1.29 is 25.2 Å². The molecule has 1 fully saturated rings. The molecular weight excluding hydrogens is 166 g/mol. The van der Waals surface area contributed by atoms with Gasteiger partial charge >= 0.3 is 0 Å². The van der Waals surface area contributed by atoms with Gasteiger partial charge in [-0.3, -0.25) is 0 Å². The smallest absolute Gasteiger partial charge is 0.173 e. The molecule has 1 aliphatic rings. The van der Waals surface area contributed by atoms with Crippen LogP contribution in [0.3, 0.4) is 0 Å². The lowest BCUT2D eigenvalue weighted by atomic mass is 10.1. The highest BCUT2D eigenvalue weighted by Gasteiger charge is 2.43. The number of aliphatic hydroxyl groups is 4. The molecule has 1 saturated heterocycles. The molecule has 0 bridgehead atoms. The first-order valence-electron chi connectivity index (χ1n) is 3.64. The molecule has 0 spiro atoms. The Morgan fingerprint density at radius 2 is 2.00 bits per heavy atom. The molecule has 6 heteroatoms. The Bertz CT molecular complexity index is 155. The molecule has 1 rings (SSSR count). The minimum atomic E-state index is -1.29. The molecule has 0 aromatic rings. The molecule has 0 aliphatic carbocycles. The lowest BCUT2D eigenvalue weighted by Crippen LogP contribution is -2.44. The van der Waals surface area contributed by atoms with Gasteiger partial charge in [-0.15, -0.1) is 0 Å². The van der Waals surface area contributed by atoms with Crippen molar-refractivity contribution in [1.82, 2.24) is 0 Å². The summed E-state index contributed by atoms with van der Waals surface area (Å²) >= 11 is 0. The molecule has 72 valence electrons. The maximum atomic E-state index is 9.25. The molecule has 0 saturated carbocycles. The predicted octanol–water partition coefficient (Wildman–Crippen LogP) is -3.26. The lowest BCUT2D eigenvalue weighted by molar-refractivity contribution is -0.138. The van der Waals surface area contributed by atoms with Gasteiger partial charge in [0.15, 0.2) is 6.29 Å². The highest BCUT2D eigenvalue weighted by Crippen LogP contribution is 2.20. The van der Waals surface area contributed by atoms with Crippen LogP contribution >= 0.6 is 0 Å². The Labute approximate surface area is 69.2 Å². The van der Waals surface area contributed by atoms with Gasteiger partial charge in [-0.1, -0.05) is 0 Å². The van der Waals surface area contributed by atoms with Crippen LogP contribution in [-0.2, 0) is 4.74 Å². The van der Waals surface area contributed by atoms with Crippen molar-refractivity contribution in [3.8, 4) is 0 Å². The standard InChI is InChI=1S/C6H13NO5/c7-3-4(10)5(2(9)1-8)12-6(3)11/h2-6,8-11H,1,7H2/t2-,3+,4-,5-,6-/m1/s1. The Hall–Kier alpha value is -0.240. The first-order chi connectivity index (χ1) is 5.57. The molecule has 0 aromatic carbocycles. The second-order valence-electron chi connectivity index (χ2n) is 2.81. The molecule has 1 heterocycles. The molecule has 0 radical (unpaired) electrons. The number of rotatable bonds is 2. The van der Waals surface area contributed by atoms with Gasteiger partial charge in [-0.05, 0) is 0 Å². The summed E-state index contributed by atoms with van der Waals surface area (Å²) in [6.07, 6.45) is -4.67. The van der Waals surface area contributed by atoms with E-state index in [-0.39, 0.29) is 0 Å². The number of hydrogen-bond donors (Lipinski definition) is 5. The zero-order chi connectivity index (χ0) is 9.30. The molecule has 12 heavy (non-hydrogen) atoms. The van der Waals surface area contributed by atoms with Crippen LogP contribution in [0.25, 0.3) is 0 Å². The van der Waals surface area contributed by atoms with Crippen molar-refractivity contribution in [2.45, 2.75) is 30.6 Å². The maximum absolute atomic E-state index is 9.25. The molecule has 6 nitrogen and oxygen atoms in total. The number of hydrogen-bond acceptors (Lipinski definition) is 6. The largest absolute Gasteiger partial charge is 0.394 e. The molecule has 1 aliphatic heterocycles. The Morgan fingerprint density at radius 3 is 2.33 bits per heavy atom. The minimum Gasteiger partial charge on any atom is -0.394 e. The van der Waals surface area contributed by atoms with Gasteiger partial charge < -0.3 is 30.9 Å². The van der Waals surface area contributed by atoms with E-state index in [1.807, 2.05) is 0 Å². The maximum Gasteiger partial charge on any atom is 0.173 e. The van der Waals surface area contributed by atoms with E-state index >= 15 is 0 Å². The third kappa shape index (κ3) is 1.58. The first-order valence-corrected chi connectivity index (χ1v) is 3.64. The van der Waals surface area contributed by atoms with E-state index < -0.39 is 37.3 Å². The lowest BCUT2D eigenvalue weighted by Gasteiger charge is -2.18. The molecule has 6 N–H and O–H groups in total. The van der Waals surface area contributed by atoms with Crippen molar-refractivity contribution in [3.05, 3.63) is 0 Å². The zero-order valence-electron chi connectivity index (χ0n) is 6.37. The molecule has 0 aromatic heterocycles. The quantitative estimate of drug-likeness (QED) is 0.304. The SMILES string of the molecule is N[C@H]1[C@@H](O)[C@@H]([C@H](O)CO)O[C@H]1O. The van der Waals surface area contributed by atoms with Crippen LogP contribution in [-0.4, -0.2) is 57.7 Å². The summed E-state index contributed by atoms with van der Waals surface area (Å²) in [5.41, 5.74) is 5.29. The molecule has 0 unspecified atom stereocenters. The van der Waals surface area contributed by atoms with E-state index in [0.29, 0.717) is 0 Å². The fraction of sp³-hybridized carbons (Fsp3) is 1.00. The van der Waals surface area contributed by atoms with Gasteiger partial charge in [0, 0.05) is 0 Å². The van der Waals surface area contributed by atoms with Crippen molar-refractivity contribution in [2.75, 3.05) is 6.61 Å². The number of ether oxygens (including phenoxy) is 1. The van der Waals surface area contributed by atoms with E-state index in [2.05, 4.69) is 0 Å².